The van der Waals surface area contributed by atoms with Crippen LogP contribution in [-0.2, 0) is 17.8 Å². The highest BCUT2D eigenvalue weighted by Gasteiger charge is 2.22. The molecule has 1 aromatic heterocycles. The molecule has 2 aromatic carbocycles. The molecule has 7 nitrogen and oxygen atoms in total. The molecule has 4 rings (SSSR count). The van der Waals surface area contributed by atoms with Crippen molar-refractivity contribution in [1.29, 1.82) is 0 Å². The summed E-state index contributed by atoms with van der Waals surface area (Å²) in [4.78, 5) is 32.3. The van der Waals surface area contributed by atoms with Crippen LogP contribution in [0.15, 0.2) is 48.5 Å². The molecule has 0 spiro atoms. The summed E-state index contributed by atoms with van der Waals surface area (Å²) in [6.45, 7) is 4.55. The van der Waals surface area contributed by atoms with Crippen molar-refractivity contribution in [3.05, 3.63) is 59.9 Å². The van der Waals surface area contributed by atoms with Crippen molar-refractivity contribution in [3.63, 3.8) is 0 Å². The number of likely N-dealkylation sites (tertiary alicyclic amines) is 1. The van der Waals surface area contributed by atoms with Gasteiger partial charge in [-0.25, -0.2) is 4.98 Å². The van der Waals surface area contributed by atoms with Crippen molar-refractivity contribution in [1.82, 2.24) is 19.8 Å². The average Bonchev–Trinajstić information content (AvgIpc) is 3.16. The van der Waals surface area contributed by atoms with Gasteiger partial charge in [-0.05, 0) is 43.0 Å². The van der Waals surface area contributed by atoms with Gasteiger partial charge in [0, 0.05) is 26.1 Å². The molecule has 1 saturated heterocycles. The molecule has 0 bridgehead atoms. The lowest BCUT2D eigenvalue weighted by molar-refractivity contribution is -0.133. The van der Waals surface area contributed by atoms with Gasteiger partial charge in [-0.1, -0.05) is 31.2 Å². The van der Waals surface area contributed by atoms with Gasteiger partial charge in [0.2, 0.25) is 5.91 Å². The molecule has 168 valence electrons. The minimum Gasteiger partial charge on any atom is -0.496 e. The van der Waals surface area contributed by atoms with E-state index >= 15 is 0 Å². The van der Waals surface area contributed by atoms with E-state index in [1.165, 1.54) is 0 Å². The Kier molecular flexibility index (Phi) is 6.73. The average molecular weight is 435 g/mol. The fourth-order valence-electron chi connectivity index (χ4n) is 4.20. The predicted octanol–water partition coefficient (Wildman–Crippen LogP) is 3.28. The van der Waals surface area contributed by atoms with Gasteiger partial charge >= 0.3 is 0 Å². The maximum absolute atomic E-state index is 13.0. The third-order valence-corrected chi connectivity index (χ3v) is 6.15. The number of hydrogen-bond donors (Lipinski definition) is 1. The van der Waals surface area contributed by atoms with Crippen LogP contribution in [0.4, 0.5) is 0 Å². The zero-order valence-electron chi connectivity index (χ0n) is 18.7. The first-order valence-electron chi connectivity index (χ1n) is 11.2. The van der Waals surface area contributed by atoms with Crippen LogP contribution in [0.25, 0.3) is 11.0 Å². The van der Waals surface area contributed by atoms with Crippen molar-refractivity contribution in [3.8, 4) is 5.75 Å². The molecule has 1 N–H and O–H groups in total. The number of ether oxygens (including phenoxy) is 1. The molecule has 0 aliphatic carbocycles. The van der Waals surface area contributed by atoms with Gasteiger partial charge in [0.1, 0.15) is 18.1 Å². The summed E-state index contributed by atoms with van der Waals surface area (Å²) in [6.07, 6.45) is 2.64. The molecule has 1 aliphatic rings. The molecular formula is C25H30N4O3. The first-order valence-corrected chi connectivity index (χ1v) is 11.2. The van der Waals surface area contributed by atoms with Gasteiger partial charge in [0.25, 0.3) is 5.91 Å². The number of carbonyl (C=O) groups excluding carboxylic acids is 2. The number of imidazole rings is 1. The van der Waals surface area contributed by atoms with Crippen LogP contribution in [-0.4, -0.2) is 53.0 Å². The number of para-hydroxylation sites is 3. The molecule has 0 saturated carbocycles. The lowest BCUT2D eigenvalue weighted by atomic mass is 9.99. The Hall–Kier alpha value is -3.35. The Bertz CT molecular complexity index is 1100. The first kappa shape index (κ1) is 21.9. The molecule has 32 heavy (non-hydrogen) atoms. The number of nitrogens with zero attached hydrogens (tertiary/aromatic N) is 3. The largest absolute Gasteiger partial charge is 0.496 e. The molecule has 0 unspecified atom stereocenters. The lowest BCUT2D eigenvalue weighted by Gasteiger charge is -2.30. The van der Waals surface area contributed by atoms with E-state index in [0.29, 0.717) is 30.2 Å². The number of rotatable bonds is 7. The van der Waals surface area contributed by atoms with Crippen LogP contribution in [0.2, 0.25) is 0 Å². The lowest BCUT2D eigenvalue weighted by Crippen LogP contribution is -2.40. The summed E-state index contributed by atoms with van der Waals surface area (Å²) >= 11 is 0. The molecule has 3 aromatic rings. The normalized spacial score (nSPS) is 14.5. The van der Waals surface area contributed by atoms with Crippen LogP contribution in [0.3, 0.4) is 0 Å². The standard InChI is InChI=1S/C25H30N4O3/c1-18-12-15-28(16-13-18)24(30)17-29-21-9-5-4-8-20(21)27-23(29)11-14-26-25(31)19-7-3-6-10-22(19)32-2/h3-10,18H,11-17H2,1-2H3,(H,26,31). The van der Waals surface area contributed by atoms with Gasteiger partial charge in [0.15, 0.2) is 0 Å². The van der Waals surface area contributed by atoms with E-state index in [1.807, 2.05) is 45.9 Å². The molecule has 1 aliphatic heterocycles. The number of nitrogens with one attached hydrogen (secondary N) is 1. The summed E-state index contributed by atoms with van der Waals surface area (Å²) in [5.74, 6) is 1.95. The molecule has 2 heterocycles. The maximum Gasteiger partial charge on any atom is 0.255 e. The topological polar surface area (TPSA) is 76.5 Å². The number of methoxy groups -OCH3 is 1. The minimum atomic E-state index is -0.191. The summed E-state index contributed by atoms with van der Waals surface area (Å²) in [7, 11) is 1.55. The Morgan fingerprint density at radius 2 is 1.81 bits per heavy atom. The van der Waals surface area contributed by atoms with E-state index in [2.05, 4.69) is 12.2 Å². The molecule has 2 amide bonds. The van der Waals surface area contributed by atoms with E-state index < -0.39 is 0 Å². The van der Waals surface area contributed by atoms with Gasteiger partial charge in [-0.3, -0.25) is 9.59 Å². The van der Waals surface area contributed by atoms with Crippen LogP contribution < -0.4 is 10.1 Å². The van der Waals surface area contributed by atoms with Gasteiger partial charge < -0.3 is 19.5 Å². The molecule has 0 radical (unpaired) electrons. The zero-order chi connectivity index (χ0) is 22.5. The maximum atomic E-state index is 13.0. The fourth-order valence-corrected chi connectivity index (χ4v) is 4.20. The second kappa shape index (κ2) is 9.85. The van der Waals surface area contributed by atoms with Gasteiger partial charge in [-0.15, -0.1) is 0 Å². The number of fused-ring (bicyclic) bond motifs is 1. The highest BCUT2D eigenvalue weighted by atomic mass is 16.5. The smallest absolute Gasteiger partial charge is 0.255 e. The van der Waals surface area contributed by atoms with Crippen molar-refractivity contribution in [2.45, 2.75) is 32.7 Å². The number of benzene rings is 2. The van der Waals surface area contributed by atoms with E-state index in [0.717, 1.165) is 42.8 Å². The molecular weight excluding hydrogens is 404 g/mol. The number of amides is 2. The summed E-state index contributed by atoms with van der Waals surface area (Å²) in [6, 6.07) is 15.0. The number of hydrogen-bond acceptors (Lipinski definition) is 4. The van der Waals surface area contributed by atoms with Crippen molar-refractivity contribution < 1.29 is 14.3 Å². The SMILES string of the molecule is COc1ccccc1C(=O)NCCc1nc2ccccc2n1CC(=O)N1CCC(C)CC1. The second-order valence-corrected chi connectivity index (χ2v) is 8.37. The summed E-state index contributed by atoms with van der Waals surface area (Å²) in [5, 5.41) is 2.95. The predicted molar refractivity (Wildman–Crippen MR) is 124 cm³/mol. The molecule has 0 atom stereocenters. The molecule has 7 heteroatoms. The van der Waals surface area contributed by atoms with Crippen LogP contribution in [0, 0.1) is 5.92 Å². The molecule has 1 fully saturated rings. The van der Waals surface area contributed by atoms with Crippen molar-refractivity contribution in [2.75, 3.05) is 26.7 Å². The third kappa shape index (κ3) is 4.77. The monoisotopic (exact) mass is 434 g/mol. The quantitative estimate of drug-likeness (QED) is 0.619. The van der Waals surface area contributed by atoms with E-state index in [4.69, 9.17) is 9.72 Å². The first-order chi connectivity index (χ1) is 15.6. The highest BCUT2D eigenvalue weighted by molar-refractivity contribution is 5.96. The highest BCUT2D eigenvalue weighted by Crippen LogP contribution is 2.20. The van der Waals surface area contributed by atoms with E-state index in [-0.39, 0.29) is 18.4 Å². The zero-order valence-corrected chi connectivity index (χ0v) is 18.7. The Labute approximate surface area is 188 Å². The van der Waals surface area contributed by atoms with E-state index in [1.54, 1.807) is 19.2 Å². The number of carbonyl (C=O) groups is 2. The van der Waals surface area contributed by atoms with Crippen LogP contribution in [0.5, 0.6) is 5.75 Å². The van der Waals surface area contributed by atoms with Crippen LogP contribution in [0.1, 0.15) is 35.9 Å². The van der Waals surface area contributed by atoms with Crippen molar-refractivity contribution >= 4 is 22.8 Å². The van der Waals surface area contributed by atoms with Gasteiger partial charge in [-0.2, -0.15) is 0 Å². The summed E-state index contributed by atoms with van der Waals surface area (Å²) < 4.78 is 7.27. The number of aromatic nitrogens is 2. The van der Waals surface area contributed by atoms with Gasteiger partial charge in [0.05, 0.1) is 23.7 Å². The Morgan fingerprint density at radius 1 is 1.09 bits per heavy atom. The Morgan fingerprint density at radius 3 is 2.59 bits per heavy atom. The Balaban J connectivity index is 1.46. The second-order valence-electron chi connectivity index (χ2n) is 8.37. The third-order valence-electron chi connectivity index (χ3n) is 6.15. The van der Waals surface area contributed by atoms with Crippen molar-refractivity contribution in [2.24, 2.45) is 5.92 Å². The fraction of sp³-hybridized carbons (Fsp3) is 0.400. The summed E-state index contributed by atoms with van der Waals surface area (Å²) in [5.41, 5.74) is 2.30. The van der Waals surface area contributed by atoms with E-state index in [9.17, 15) is 9.59 Å². The number of piperidine rings is 1. The minimum absolute atomic E-state index is 0.124. The van der Waals surface area contributed by atoms with Crippen LogP contribution >= 0.6 is 0 Å².